The molecule has 6 atom stereocenters. The second kappa shape index (κ2) is 14.0. The van der Waals surface area contributed by atoms with Crippen molar-refractivity contribution in [3.8, 4) is 0 Å². The molecule has 5 N–H and O–H groups in total. The standard InChI is InChI=1S/C43H52N8O2/c1-27-15-31(34-9-7-29(21-44)40-36(34)5-3-13-48-40)25-50(23-27)39(53)20-43(46)18-33(43)17-28-16-32(26-51(24-28)38(52)19-42(45)11-12-42)35-10-8-30(22-47-2)41-37(35)6-4-14-49-41/h3-10,13-14,21-22,27-28,31-33,44H,11-12,15-20,23-26,45-46H2,1-2H3/t27-,28-,31+,32+,33?,43?/m1/s1. The second-order valence-electron chi connectivity index (χ2n) is 16.8. The predicted molar refractivity (Wildman–Crippen MR) is 210 cm³/mol. The van der Waals surface area contributed by atoms with Crippen LogP contribution in [-0.4, -0.2) is 88.3 Å². The lowest BCUT2D eigenvalue weighted by molar-refractivity contribution is -0.134. The van der Waals surface area contributed by atoms with Crippen LogP contribution in [0.2, 0.25) is 0 Å². The number of aliphatic imine (C=N–C) groups is 1. The summed E-state index contributed by atoms with van der Waals surface area (Å²) in [5.41, 5.74) is 18.6. The third-order valence-electron chi connectivity index (χ3n) is 12.6. The van der Waals surface area contributed by atoms with Gasteiger partial charge in [-0.3, -0.25) is 24.5 Å². The molecule has 53 heavy (non-hydrogen) atoms. The summed E-state index contributed by atoms with van der Waals surface area (Å²) < 4.78 is 0. The maximum atomic E-state index is 14.0. The average molecular weight is 713 g/mol. The molecule has 4 aromatic rings. The third kappa shape index (κ3) is 7.23. The fourth-order valence-corrected chi connectivity index (χ4v) is 9.57. The fourth-order valence-electron chi connectivity index (χ4n) is 9.57. The number of carbonyl (C=O) groups is 2. The largest absolute Gasteiger partial charge is 0.342 e. The van der Waals surface area contributed by atoms with Gasteiger partial charge in [0.05, 0.1) is 11.0 Å². The van der Waals surface area contributed by atoms with Crippen molar-refractivity contribution in [3.05, 3.63) is 83.2 Å². The molecule has 2 unspecified atom stereocenters. The number of rotatable bonds is 10. The van der Waals surface area contributed by atoms with E-state index in [4.69, 9.17) is 21.9 Å². The highest BCUT2D eigenvalue weighted by Gasteiger charge is 2.54. The van der Waals surface area contributed by atoms with Gasteiger partial charge in [-0.2, -0.15) is 0 Å². The van der Waals surface area contributed by atoms with Crippen LogP contribution in [0.5, 0.6) is 0 Å². The van der Waals surface area contributed by atoms with Crippen LogP contribution in [0, 0.1) is 23.2 Å². The van der Waals surface area contributed by atoms with Gasteiger partial charge in [0.2, 0.25) is 11.8 Å². The van der Waals surface area contributed by atoms with Crippen molar-refractivity contribution >= 4 is 46.0 Å². The van der Waals surface area contributed by atoms with E-state index in [0.29, 0.717) is 38.4 Å². The van der Waals surface area contributed by atoms with E-state index in [1.807, 2.05) is 35.5 Å². The molecule has 10 nitrogen and oxygen atoms in total. The topological polar surface area (TPSA) is 155 Å². The van der Waals surface area contributed by atoms with Gasteiger partial charge >= 0.3 is 0 Å². The first-order valence-corrected chi connectivity index (χ1v) is 19.4. The van der Waals surface area contributed by atoms with Crippen molar-refractivity contribution in [2.75, 3.05) is 33.2 Å². The molecule has 0 radical (unpaired) electrons. The molecule has 2 amide bonds. The Morgan fingerprint density at radius 3 is 2.09 bits per heavy atom. The number of nitrogens with one attached hydrogen (secondary N) is 1. The van der Waals surface area contributed by atoms with E-state index in [9.17, 15) is 9.59 Å². The fraction of sp³-hybridized carbons (Fsp3) is 0.488. The summed E-state index contributed by atoms with van der Waals surface area (Å²) in [6, 6.07) is 16.5. The van der Waals surface area contributed by atoms with E-state index < -0.39 is 5.54 Å². The number of nitrogens with zero attached hydrogens (tertiary/aromatic N) is 5. The number of piperidine rings is 2. The van der Waals surface area contributed by atoms with E-state index in [1.54, 1.807) is 13.2 Å². The van der Waals surface area contributed by atoms with Crippen LogP contribution in [0.4, 0.5) is 0 Å². The van der Waals surface area contributed by atoms with Crippen molar-refractivity contribution in [1.82, 2.24) is 19.8 Å². The smallest absolute Gasteiger partial charge is 0.224 e. The minimum Gasteiger partial charge on any atom is -0.342 e. The van der Waals surface area contributed by atoms with E-state index >= 15 is 0 Å². The lowest BCUT2D eigenvalue weighted by atomic mass is 9.80. The first-order valence-electron chi connectivity index (χ1n) is 19.4. The number of carbonyl (C=O) groups excluding carboxylic acids is 2. The average Bonchev–Trinajstić information content (AvgIpc) is 4.05. The van der Waals surface area contributed by atoms with Gasteiger partial charge in [0.1, 0.15) is 0 Å². The normalized spacial score (nSPS) is 28.0. The minimum absolute atomic E-state index is 0.135. The molecule has 2 aliphatic carbocycles. The quantitative estimate of drug-likeness (QED) is 0.177. The van der Waals surface area contributed by atoms with Gasteiger partial charge < -0.3 is 26.7 Å². The molecular weight excluding hydrogens is 661 g/mol. The molecule has 0 bridgehead atoms. The van der Waals surface area contributed by atoms with Crippen LogP contribution in [0.25, 0.3) is 21.8 Å². The molecule has 2 saturated carbocycles. The number of hydrogen-bond donors (Lipinski definition) is 3. The summed E-state index contributed by atoms with van der Waals surface area (Å²) in [7, 11) is 1.77. The summed E-state index contributed by atoms with van der Waals surface area (Å²) in [6.07, 6.45) is 13.0. The third-order valence-corrected chi connectivity index (χ3v) is 12.6. The van der Waals surface area contributed by atoms with Crippen molar-refractivity contribution in [3.63, 3.8) is 0 Å². The molecule has 10 heteroatoms. The van der Waals surface area contributed by atoms with Gasteiger partial charge in [0.25, 0.3) is 0 Å². The molecule has 276 valence electrons. The Morgan fingerprint density at radius 2 is 1.45 bits per heavy atom. The molecule has 0 spiro atoms. The SMILES string of the molecule is CN=Cc1ccc([C@H]2C[C@H](CC3CC3(N)CC(=O)N3C[C@H](C)C[C@H](c4ccc(C=N)c5ncccc45)C3)CN(C(=O)CC3(N)CC3)C2)c2cccnc12. The van der Waals surface area contributed by atoms with E-state index in [2.05, 4.69) is 52.1 Å². The number of nitrogens with two attached hydrogens (primary N) is 2. The van der Waals surface area contributed by atoms with Crippen LogP contribution in [0.3, 0.4) is 0 Å². The van der Waals surface area contributed by atoms with Gasteiger partial charge in [-0.15, -0.1) is 0 Å². The van der Waals surface area contributed by atoms with E-state index in [1.165, 1.54) is 17.3 Å². The maximum Gasteiger partial charge on any atom is 0.224 e. The zero-order valence-electron chi connectivity index (χ0n) is 31.0. The predicted octanol–water partition coefficient (Wildman–Crippen LogP) is 5.79. The summed E-state index contributed by atoms with van der Waals surface area (Å²) in [6.45, 7) is 4.99. The van der Waals surface area contributed by atoms with Gasteiger partial charge in [0, 0.05) is 116 Å². The van der Waals surface area contributed by atoms with Crippen molar-refractivity contribution in [2.24, 2.45) is 34.2 Å². The molecule has 2 aliphatic heterocycles. The highest BCUT2D eigenvalue weighted by molar-refractivity contribution is 5.99. The number of aromatic nitrogens is 2. The molecule has 2 saturated heterocycles. The summed E-state index contributed by atoms with van der Waals surface area (Å²) >= 11 is 0. The van der Waals surface area contributed by atoms with E-state index in [0.717, 1.165) is 78.0 Å². The summed E-state index contributed by atoms with van der Waals surface area (Å²) in [4.78, 5) is 45.4. The summed E-state index contributed by atoms with van der Waals surface area (Å²) in [5.74, 6) is 1.49. The highest BCUT2D eigenvalue weighted by atomic mass is 16.2. The second-order valence-corrected chi connectivity index (χ2v) is 16.8. The van der Waals surface area contributed by atoms with Crippen LogP contribution in [0.1, 0.15) is 92.4 Å². The molecule has 2 aromatic carbocycles. The Labute approximate surface area is 311 Å². The molecule has 4 fully saturated rings. The van der Waals surface area contributed by atoms with Gasteiger partial charge in [-0.1, -0.05) is 43.3 Å². The summed E-state index contributed by atoms with van der Waals surface area (Å²) in [5, 5.41) is 10.0. The number of pyridine rings is 2. The molecule has 2 aromatic heterocycles. The number of fused-ring (bicyclic) bond motifs is 2. The van der Waals surface area contributed by atoms with Gasteiger partial charge in [-0.05, 0) is 79.5 Å². The number of likely N-dealkylation sites (tertiary alicyclic amines) is 2. The van der Waals surface area contributed by atoms with Gasteiger partial charge in [-0.25, -0.2) is 0 Å². The Kier molecular flexibility index (Phi) is 9.39. The van der Waals surface area contributed by atoms with Crippen LogP contribution in [0.15, 0.2) is 65.9 Å². The highest BCUT2D eigenvalue weighted by Crippen LogP contribution is 2.50. The molecule has 4 heterocycles. The maximum absolute atomic E-state index is 14.0. The number of benzene rings is 2. The zero-order chi connectivity index (χ0) is 36.9. The monoisotopic (exact) mass is 712 g/mol. The Bertz CT molecular complexity index is 2090. The Balaban J connectivity index is 0.973. The van der Waals surface area contributed by atoms with Gasteiger partial charge in [0.15, 0.2) is 0 Å². The van der Waals surface area contributed by atoms with Crippen LogP contribution >= 0.6 is 0 Å². The molecular formula is C43H52N8O2. The van der Waals surface area contributed by atoms with Crippen molar-refractivity contribution in [2.45, 2.75) is 81.2 Å². The van der Waals surface area contributed by atoms with E-state index in [-0.39, 0.29) is 41.0 Å². The number of hydrogen-bond acceptors (Lipinski definition) is 8. The van der Waals surface area contributed by atoms with Crippen LogP contribution in [-0.2, 0) is 9.59 Å². The zero-order valence-corrected chi connectivity index (χ0v) is 31.0. The van der Waals surface area contributed by atoms with Crippen LogP contribution < -0.4 is 11.5 Å². The van der Waals surface area contributed by atoms with Crippen molar-refractivity contribution < 1.29 is 9.59 Å². The number of amides is 2. The molecule has 8 rings (SSSR count). The van der Waals surface area contributed by atoms with Crippen molar-refractivity contribution in [1.29, 1.82) is 5.41 Å². The lowest BCUT2D eigenvalue weighted by Crippen LogP contribution is -2.46. The molecule has 4 aliphatic rings. The lowest BCUT2D eigenvalue weighted by Gasteiger charge is -2.39. The Hall–Kier alpha value is -4.54. The minimum atomic E-state index is -0.523. The Morgan fingerprint density at radius 1 is 0.849 bits per heavy atom. The first-order chi connectivity index (χ1) is 25.6. The first kappa shape index (κ1) is 35.5.